The number of hydrogen-bond acceptors (Lipinski definition) is 7. The molecule has 12 heteroatoms. The van der Waals surface area contributed by atoms with Gasteiger partial charge in [0, 0.05) is 6.42 Å². The molecule has 1 fully saturated rings. The third-order valence-corrected chi connectivity index (χ3v) is 3.42. The van der Waals surface area contributed by atoms with E-state index in [1.54, 1.807) is 0 Å². The fourth-order valence-corrected chi connectivity index (χ4v) is 2.39. The molecule has 1 amide bonds. The maximum atomic E-state index is 11.1. The van der Waals surface area contributed by atoms with Gasteiger partial charge in [0.15, 0.2) is 11.9 Å². The number of ether oxygens (including phenoxy) is 1. The van der Waals surface area contributed by atoms with E-state index < -0.39 is 38.8 Å². The summed E-state index contributed by atoms with van der Waals surface area (Å²) in [6.07, 6.45) is -1.43. The van der Waals surface area contributed by atoms with Gasteiger partial charge in [0.25, 0.3) is 5.91 Å². The number of primary amides is 1. The summed E-state index contributed by atoms with van der Waals surface area (Å²) in [6.45, 7) is -0.394. The van der Waals surface area contributed by atoms with Crippen molar-refractivity contribution in [1.29, 1.82) is 0 Å². The molecule has 1 unspecified atom stereocenters. The zero-order valence-electron chi connectivity index (χ0n) is 10.7. The van der Waals surface area contributed by atoms with Crippen LogP contribution in [0.1, 0.15) is 23.1 Å². The SMILES string of the molecule is NC(=O)c1ncn([C@@H]2OC(COP(=O)(O)O)C[C@H]2O)c1N. The van der Waals surface area contributed by atoms with Crippen molar-refractivity contribution in [3.8, 4) is 0 Å². The fraction of sp³-hybridized carbons (Fsp3) is 0.556. The van der Waals surface area contributed by atoms with Gasteiger partial charge in [-0.2, -0.15) is 0 Å². The average molecular weight is 322 g/mol. The van der Waals surface area contributed by atoms with Gasteiger partial charge in [-0.15, -0.1) is 0 Å². The Morgan fingerprint density at radius 3 is 2.81 bits per heavy atom. The number of carbonyl (C=O) groups is 1. The lowest BCUT2D eigenvalue weighted by atomic mass is 10.2. The molecule has 118 valence electrons. The number of phosphoric ester groups is 1. The molecule has 21 heavy (non-hydrogen) atoms. The summed E-state index contributed by atoms with van der Waals surface area (Å²) < 4.78 is 21.6. The van der Waals surface area contributed by atoms with Crippen molar-refractivity contribution in [1.82, 2.24) is 9.55 Å². The molecule has 0 aliphatic carbocycles. The Labute approximate surface area is 118 Å². The number of nitrogens with two attached hydrogens (primary N) is 2. The van der Waals surface area contributed by atoms with Crippen molar-refractivity contribution in [3.05, 3.63) is 12.0 Å². The first-order valence-electron chi connectivity index (χ1n) is 5.84. The van der Waals surface area contributed by atoms with E-state index in [-0.39, 0.29) is 17.9 Å². The Morgan fingerprint density at radius 2 is 2.29 bits per heavy atom. The molecule has 11 nitrogen and oxygen atoms in total. The van der Waals surface area contributed by atoms with Crippen molar-refractivity contribution in [2.24, 2.45) is 5.73 Å². The molecule has 1 aromatic rings. The highest BCUT2D eigenvalue weighted by molar-refractivity contribution is 7.46. The van der Waals surface area contributed by atoms with Crippen LogP contribution in [0.25, 0.3) is 0 Å². The molecule has 0 spiro atoms. The molecular weight excluding hydrogens is 307 g/mol. The molecule has 2 rings (SSSR count). The van der Waals surface area contributed by atoms with E-state index in [1.165, 1.54) is 10.9 Å². The summed E-state index contributed by atoms with van der Waals surface area (Å²) >= 11 is 0. The first-order chi connectivity index (χ1) is 9.69. The van der Waals surface area contributed by atoms with Crippen LogP contribution in [0, 0.1) is 0 Å². The van der Waals surface area contributed by atoms with Gasteiger partial charge >= 0.3 is 7.82 Å². The Bertz CT molecular complexity index is 585. The van der Waals surface area contributed by atoms with Crippen molar-refractivity contribution in [2.45, 2.75) is 24.9 Å². The third-order valence-electron chi connectivity index (χ3n) is 2.93. The Balaban J connectivity index is 2.08. The van der Waals surface area contributed by atoms with E-state index in [0.29, 0.717) is 0 Å². The zero-order chi connectivity index (χ0) is 15.8. The van der Waals surface area contributed by atoms with Crippen LogP contribution in [-0.2, 0) is 13.8 Å². The van der Waals surface area contributed by atoms with E-state index in [4.69, 9.17) is 26.0 Å². The molecule has 3 atom stereocenters. The summed E-state index contributed by atoms with van der Waals surface area (Å²) in [6, 6.07) is 0. The van der Waals surface area contributed by atoms with Crippen molar-refractivity contribution in [3.63, 3.8) is 0 Å². The van der Waals surface area contributed by atoms with Gasteiger partial charge in [0.1, 0.15) is 11.9 Å². The van der Waals surface area contributed by atoms with Crippen LogP contribution >= 0.6 is 7.82 Å². The number of hydrogen-bond donors (Lipinski definition) is 5. The van der Waals surface area contributed by atoms with Gasteiger partial charge in [0.2, 0.25) is 0 Å². The van der Waals surface area contributed by atoms with Gasteiger partial charge < -0.3 is 31.1 Å². The number of phosphoric acid groups is 1. The maximum absolute atomic E-state index is 11.1. The normalized spacial score (nSPS) is 26.1. The zero-order valence-corrected chi connectivity index (χ0v) is 11.6. The maximum Gasteiger partial charge on any atom is 0.469 e. The van der Waals surface area contributed by atoms with Crippen molar-refractivity contribution < 1.29 is 33.5 Å². The molecule has 1 aromatic heterocycles. The number of aliphatic hydroxyl groups is 1. The minimum Gasteiger partial charge on any atom is -0.388 e. The van der Waals surface area contributed by atoms with Gasteiger partial charge in [-0.3, -0.25) is 13.9 Å². The average Bonchev–Trinajstić information content (AvgIpc) is 2.89. The van der Waals surface area contributed by atoms with Crippen LogP contribution in [0.5, 0.6) is 0 Å². The van der Waals surface area contributed by atoms with Crippen LogP contribution in [0.2, 0.25) is 0 Å². The number of aliphatic hydroxyl groups excluding tert-OH is 1. The summed E-state index contributed by atoms with van der Waals surface area (Å²) in [5, 5.41) is 9.92. The molecule has 7 N–H and O–H groups in total. The number of rotatable bonds is 5. The number of amides is 1. The van der Waals surface area contributed by atoms with E-state index in [9.17, 15) is 14.5 Å². The molecule has 1 aliphatic rings. The van der Waals surface area contributed by atoms with E-state index in [1.807, 2.05) is 0 Å². The molecule has 2 heterocycles. The number of anilines is 1. The highest BCUT2D eigenvalue weighted by atomic mass is 31.2. The van der Waals surface area contributed by atoms with Crippen molar-refractivity contribution >= 4 is 19.5 Å². The van der Waals surface area contributed by atoms with Crippen LogP contribution in [0.3, 0.4) is 0 Å². The smallest absolute Gasteiger partial charge is 0.388 e. The van der Waals surface area contributed by atoms with Gasteiger partial charge in [0.05, 0.1) is 19.0 Å². The second-order valence-electron chi connectivity index (χ2n) is 4.49. The molecule has 0 aromatic carbocycles. The van der Waals surface area contributed by atoms with Crippen LogP contribution < -0.4 is 11.5 Å². The monoisotopic (exact) mass is 322 g/mol. The van der Waals surface area contributed by atoms with E-state index in [2.05, 4.69) is 9.51 Å². The quantitative estimate of drug-likeness (QED) is 0.395. The number of carbonyl (C=O) groups excluding carboxylic acids is 1. The molecular formula is C9H15N4O7P. The molecule has 0 bridgehead atoms. The lowest BCUT2D eigenvalue weighted by Gasteiger charge is -2.17. The highest BCUT2D eigenvalue weighted by Gasteiger charge is 2.37. The number of imidazole rings is 1. The topological polar surface area (TPSA) is 183 Å². The number of aromatic nitrogens is 2. The minimum atomic E-state index is -4.61. The Hall–Kier alpha value is -1.49. The van der Waals surface area contributed by atoms with Gasteiger partial charge in [-0.1, -0.05) is 0 Å². The lowest BCUT2D eigenvalue weighted by Crippen LogP contribution is -2.22. The largest absolute Gasteiger partial charge is 0.469 e. The van der Waals surface area contributed by atoms with Crippen LogP contribution in [-0.4, -0.2) is 49.2 Å². The second-order valence-corrected chi connectivity index (χ2v) is 5.73. The number of nitrogen functional groups attached to an aromatic ring is 1. The standard InChI is InChI=1S/C9H15N4O7P/c10-7-6(8(11)15)12-3-13(7)9-5(14)1-4(20-9)2-19-21(16,17)18/h3-5,9,14H,1-2,10H2,(H2,11,15)(H2,16,17,18)/t4?,5-,9-/m1/s1. The predicted octanol–water partition coefficient (Wildman–Crippen LogP) is -1.68. The van der Waals surface area contributed by atoms with Crippen molar-refractivity contribution in [2.75, 3.05) is 12.3 Å². The second kappa shape index (κ2) is 5.72. The first kappa shape index (κ1) is 15.9. The molecule has 0 saturated carbocycles. The van der Waals surface area contributed by atoms with E-state index >= 15 is 0 Å². The number of nitrogens with zero attached hydrogens (tertiary/aromatic N) is 2. The third kappa shape index (κ3) is 3.59. The van der Waals surface area contributed by atoms with E-state index in [0.717, 1.165) is 0 Å². The molecule has 1 aliphatic heterocycles. The Morgan fingerprint density at radius 1 is 1.62 bits per heavy atom. The summed E-state index contributed by atoms with van der Waals surface area (Å²) in [5.41, 5.74) is 10.6. The van der Waals surface area contributed by atoms with Crippen LogP contribution in [0.4, 0.5) is 5.82 Å². The Kier molecular flexibility index (Phi) is 4.33. The minimum absolute atomic E-state index is 0.0666. The summed E-state index contributed by atoms with van der Waals surface area (Å²) in [7, 11) is -4.61. The predicted molar refractivity (Wildman–Crippen MR) is 67.7 cm³/mol. The summed E-state index contributed by atoms with van der Waals surface area (Å²) in [4.78, 5) is 32.0. The fourth-order valence-electron chi connectivity index (χ4n) is 2.03. The molecule has 0 radical (unpaired) electrons. The van der Waals surface area contributed by atoms with Gasteiger partial charge in [-0.05, 0) is 0 Å². The highest BCUT2D eigenvalue weighted by Crippen LogP contribution is 2.38. The lowest BCUT2D eigenvalue weighted by molar-refractivity contribution is -0.0489. The molecule has 1 saturated heterocycles. The first-order valence-corrected chi connectivity index (χ1v) is 7.38. The van der Waals surface area contributed by atoms with Gasteiger partial charge in [-0.25, -0.2) is 9.55 Å². The summed E-state index contributed by atoms with van der Waals surface area (Å²) in [5.74, 6) is -0.886. The van der Waals surface area contributed by atoms with Crippen LogP contribution in [0.15, 0.2) is 6.33 Å².